The smallest absolute Gasteiger partial charge is 0.308 e. The molecule has 1 fully saturated rings. The van der Waals surface area contributed by atoms with Crippen molar-refractivity contribution < 1.29 is 4.79 Å². The van der Waals surface area contributed by atoms with Gasteiger partial charge >= 0.3 is 4.87 Å². The number of piperidine rings is 1. The summed E-state index contributed by atoms with van der Waals surface area (Å²) < 4.78 is 2.41. The minimum Gasteiger partial charge on any atom is -0.341 e. The molecule has 4 rings (SSSR count). The van der Waals surface area contributed by atoms with Crippen molar-refractivity contribution in [2.24, 2.45) is 5.92 Å². The minimum atomic E-state index is -0.111. The van der Waals surface area contributed by atoms with Crippen LogP contribution in [0.5, 0.6) is 0 Å². The van der Waals surface area contributed by atoms with Gasteiger partial charge in [0.15, 0.2) is 0 Å². The van der Waals surface area contributed by atoms with Crippen LogP contribution in [0.1, 0.15) is 24.8 Å². The van der Waals surface area contributed by atoms with E-state index in [0.717, 1.165) is 67.0 Å². The molecule has 0 spiro atoms. The van der Waals surface area contributed by atoms with Crippen LogP contribution < -0.4 is 10.2 Å². The van der Waals surface area contributed by atoms with E-state index in [1.165, 1.54) is 5.56 Å². The van der Waals surface area contributed by atoms with E-state index >= 15 is 0 Å². The topological polar surface area (TPSA) is 54.3 Å². The van der Waals surface area contributed by atoms with Crippen LogP contribution in [0.15, 0.2) is 53.3 Å². The number of amides is 1. The Hall–Kier alpha value is -1.86. The number of carbonyl (C=O) groups excluding carboxylic acids is 1. The summed E-state index contributed by atoms with van der Waals surface area (Å²) in [4.78, 5) is 26.9. The summed E-state index contributed by atoms with van der Waals surface area (Å²) >= 11 is 7.23. The molecule has 31 heavy (non-hydrogen) atoms. The molecular formula is C23H27Cl2N3O2S. The van der Waals surface area contributed by atoms with Gasteiger partial charge < -0.3 is 10.2 Å². The number of halogens is 2. The average Bonchev–Trinajstić information content (AvgIpc) is 3.07. The molecule has 0 saturated carbocycles. The zero-order valence-electron chi connectivity index (χ0n) is 17.3. The van der Waals surface area contributed by atoms with Crippen molar-refractivity contribution in [2.75, 3.05) is 19.6 Å². The van der Waals surface area contributed by atoms with Gasteiger partial charge in [-0.05, 0) is 55.5 Å². The van der Waals surface area contributed by atoms with Crippen LogP contribution in [0.2, 0.25) is 5.02 Å². The lowest BCUT2D eigenvalue weighted by Gasteiger charge is -2.32. The molecule has 0 bridgehead atoms. The van der Waals surface area contributed by atoms with Gasteiger partial charge in [0, 0.05) is 24.7 Å². The maximum absolute atomic E-state index is 12.8. The van der Waals surface area contributed by atoms with E-state index in [1.807, 2.05) is 17.0 Å². The fourth-order valence-electron chi connectivity index (χ4n) is 4.03. The van der Waals surface area contributed by atoms with Crippen molar-refractivity contribution in [3.8, 4) is 0 Å². The number of fused-ring (bicyclic) bond motifs is 1. The van der Waals surface area contributed by atoms with E-state index in [2.05, 4.69) is 29.6 Å². The van der Waals surface area contributed by atoms with Crippen molar-refractivity contribution in [2.45, 2.75) is 32.4 Å². The summed E-state index contributed by atoms with van der Waals surface area (Å²) in [5, 5.41) is 4.08. The first-order valence-electron chi connectivity index (χ1n) is 10.4. The lowest BCUT2D eigenvalue weighted by Crippen LogP contribution is -2.41. The summed E-state index contributed by atoms with van der Waals surface area (Å²) in [6.07, 6.45) is 3.16. The highest BCUT2D eigenvalue weighted by molar-refractivity contribution is 7.16. The molecule has 1 aliphatic heterocycles. The third-order valence-electron chi connectivity index (χ3n) is 5.79. The first-order chi connectivity index (χ1) is 14.6. The predicted octanol–water partition coefficient (Wildman–Crippen LogP) is 4.56. The molecule has 1 saturated heterocycles. The molecule has 0 atom stereocenters. The normalized spacial score (nSPS) is 14.5. The van der Waals surface area contributed by atoms with Gasteiger partial charge in [-0.25, -0.2) is 0 Å². The highest BCUT2D eigenvalue weighted by Crippen LogP contribution is 2.23. The summed E-state index contributed by atoms with van der Waals surface area (Å²) in [7, 11) is 0. The van der Waals surface area contributed by atoms with E-state index in [4.69, 9.17) is 11.6 Å². The van der Waals surface area contributed by atoms with Crippen molar-refractivity contribution >= 4 is 51.5 Å². The molecule has 2 aromatic carbocycles. The van der Waals surface area contributed by atoms with Gasteiger partial charge in [-0.3, -0.25) is 14.2 Å². The molecule has 1 amide bonds. The van der Waals surface area contributed by atoms with E-state index in [-0.39, 0.29) is 29.7 Å². The third-order valence-corrected chi connectivity index (χ3v) is 6.99. The van der Waals surface area contributed by atoms with Crippen molar-refractivity contribution in [1.29, 1.82) is 0 Å². The monoisotopic (exact) mass is 479 g/mol. The lowest BCUT2D eigenvalue weighted by molar-refractivity contribution is -0.133. The van der Waals surface area contributed by atoms with Gasteiger partial charge in [0.25, 0.3) is 0 Å². The SMILES string of the molecule is Cl.O=C(Cn1c(=O)sc2ccc(Cl)cc21)N1CCC(CCNCc2ccccc2)CC1. The number of rotatable bonds is 7. The second-order valence-corrected chi connectivity index (χ2v) is 9.27. The zero-order chi connectivity index (χ0) is 20.9. The van der Waals surface area contributed by atoms with Gasteiger partial charge in [-0.15, -0.1) is 12.4 Å². The Bertz CT molecular complexity index is 1060. The summed E-state index contributed by atoms with van der Waals surface area (Å²) in [6, 6.07) is 15.8. The Morgan fingerprint density at radius 1 is 1.13 bits per heavy atom. The van der Waals surface area contributed by atoms with E-state index in [9.17, 15) is 9.59 Å². The van der Waals surface area contributed by atoms with Crippen LogP contribution in [-0.2, 0) is 17.9 Å². The summed E-state index contributed by atoms with van der Waals surface area (Å²) in [6.45, 7) is 3.50. The molecule has 1 aliphatic rings. The maximum atomic E-state index is 12.8. The molecule has 2 heterocycles. The number of carbonyl (C=O) groups is 1. The van der Waals surface area contributed by atoms with E-state index in [0.29, 0.717) is 10.9 Å². The number of nitrogens with one attached hydrogen (secondary N) is 1. The first-order valence-corrected chi connectivity index (χ1v) is 11.6. The molecule has 0 unspecified atom stereocenters. The molecule has 0 aliphatic carbocycles. The standard InChI is InChI=1S/C23H26ClN3O2S.ClH/c24-19-6-7-21-20(14-19)27(23(29)30-21)16-22(28)26-12-9-17(10-13-26)8-11-25-15-18-4-2-1-3-5-18;/h1-7,14,17,25H,8-13,15-16H2;1H. The number of aromatic nitrogens is 1. The Morgan fingerprint density at radius 3 is 2.61 bits per heavy atom. The Kier molecular flexibility index (Phi) is 8.55. The van der Waals surface area contributed by atoms with Gasteiger partial charge in [-0.2, -0.15) is 0 Å². The summed E-state index contributed by atoms with van der Waals surface area (Å²) in [5.41, 5.74) is 2.04. The molecular weight excluding hydrogens is 453 g/mol. The molecule has 1 aromatic heterocycles. The second kappa shape index (κ2) is 11.1. The number of hydrogen-bond acceptors (Lipinski definition) is 4. The Balaban J connectivity index is 0.00000272. The number of benzene rings is 2. The molecule has 166 valence electrons. The Labute approximate surface area is 197 Å². The minimum absolute atomic E-state index is 0. The zero-order valence-corrected chi connectivity index (χ0v) is 19.6. The third kappa shape index (κ3) is 6.10. The molecule has 3 aromatic rings. The van der Waals surface area contributed by atoms with Gasteiger partial charge in [0.2, 0.25) is 5.91 Å². The largest absolute Gasteiger partial charge is 0.341 e. The van der Waals surface area contributed by atoms with Crippen molar-refractivity contribution in [1.82, 2.24) is 14.8 Å². The van der Waals surface area contributed by atoms with Crippen LogP contribution >= 0.6 is 35.3 Å². The molecule has 5 nitrogen and oxygen atoms in total. The van der Waals surface area contributed by atoms with Crippen LogP contribution in [0.3, 0.4) is 0 Å². The number of hydrogen-bond donors (Lipinski definition) is 1. The van der Waals surface area contributed by atoms with Crippen molar-refractivity contribution in [3.63, 3.8) is 0 Å². The predicted molar refractivity (Wildman–Crippen MR) is 130 cm³/mol. The molecule has 1 N–H and O–H groups in total. The number of nitrogens with zero attached hydrogens (tertiary/aromatic N) is 2. The fourth-order valence-corrected chi connectivity index (χ4v) is 5.06. The average molecular weight is 480 g/mol. The van der Waals surface area contributed by atoms with E-state index in [1.54, 1.807) is 16.7 Å². The number of likely N-dealkylation sites (tertiary alicyclic amines) is 1. The first kappa shape index (κ1) is 23.8. The number of thiazole rings is 1. The van der Waals surface area contributed by atoms with E-state index < -0.39 is 0 Å². The van der Waals surface area contributed by atoms with Crippen LogP contribution in [0.25, 0.3) is 10.2 Å². The van der Waals surface area contributed by atoms with Crippen LogP contribution in [-0.4, -0.2) is 35.0 Å². The van der Waals surface area contributed by atoms with Crippen molar-refractivity contribution in [3.05, 3.63) is 68.8 Å². The molecule has 0 radical (unpaired) electrons. The quantitative estimate of drug-likeness (QED) is 0.505. The lowest BCUT2D eigenvalue weighted by atomic mass is 9.93. The second-order valence-electron chi connectivity index (χ2n) is 7.84. The van der Waals surface area contributed by atoms with Gasteiger partial charge in [-0.1, -0.05) is 53.3 Å². The molecule has 8 heteroatoms. The maximum Gasteiger partial charge on any atom is 0.308 e. The van der Waals surface area contributed by atoms with Gasteiger partial charge in [0.05, 0.1) is 10.2 Å². The fraction of sp³-hybridized carbons (Fsp3) is 0.391. The highest BCUT2D eigenvalue weighted by atomic mass is 35.5. The highest BCUT2D eigenvalue weighted by Gasteiger charge is 2.23. The van der Waals surface area contributed by atoms with Gasteiger partial charge in [0.1, 0.15) is 6.54 Å². The Morgan fingerprint density at radius 2 is 1.87 bits per heavy atom. The van der Waals surface area contributed by atoms with Crippen LogP contribution in [0.4, 0.5) is 0 Å². The van der Waals surface area contributed by atoms with Crippen LogP contribution in [0, 0.1) is 5.92 Å². The summed E-state index contributed by atoms with van der Waals surface area (Å²) in [5.74, 6) is 0.651.